The summed E-state index contributed by atoms with van der Waals surface area (Å²) in [6.45, 7) is 7.27. The molecule has 0 saturated carbocycles. The van der Waals surface area contributed by atoms with E-state index in [2.05, 4.69) is 0 Å². The van der Waals surface area contributed by atoms with E-state index in [4.69, 9.17) is 4.74 Å². The monoisotopic (exact) mass is 175 g/mol. The van der Waals surface area contributed by atoms with Crippen LogP contribution in [0.3, 0.4) is 0 Å². The molecule has 12 heavy (non-hydrogen) atoms. The largest absolute Gasteiger partial charge is 0.372 e. The average Bonchev–Trinajstić information content (AvgIpc) is 2.02. The van der Waals surface area contributed by atoms with Crippen molar-refractivity contribution >= 4 is 5.78 Å². The van der Waals surface area contributed by atoms with Crippen molar-refractivity contribution in [2.45, 2.75) is 20.8 Å². The van der Waals surface area contributed by atoms with Gasteiger partial charge in [-0.25, -0.2) is 0 Å². The van der Waals surface area contributed by atoms with Gasteiger partial charge in [0.15, 0.2) is 5.78 Å². The first-order valence-electron chi connectivity index (χ1n) is 4.35. The normalized spacial score (nSPS) is 9.17. The Hall–Kier alpha value is -0.410. The molecule has 0 aromatic rings. The second kappa shape index (κ2) is 10.6. The number of hydrogen-bond donors (Lipinski definition) is 0. The van der Waals surface area contributed by atoms with Crippen LogP contribution in [0.1, 0.15) is 20.8 Å². The van der Waals surface area contributed by atoms with Gasteiger partial charge in [0.1, 0.15) is 6.61 Å². The lowest BCUT2D eigenvalue weighted by atomic mass is 10.5. The lowest BCUT2D eigenvalue weighted by molar-refractivity contribution is -0.121. The predicted octanol–water partition coefficient (Wildman–Crippen LogP) is 1.18. The van der Waals surface area contributed by atoms with Gasteiger partial charge in [0.25, 0.3) is 0 Å². The molecule has 0 aliphatic heterocycles. The molecule has 0 heterocycles. The molecule has 0 aliphatic carbocycles. The fourth-order valence-corrected chi connectivity index (χ4v) is 0.463. The molecule has 0 bridgehead atoms. The number of Topliss-reactive ketones (excluding diaryl/α,β-unsaturated/α-hetero) is 1. The van der Waals surface area contributed by atoms with Gasteiger partial charge in [-0.15, -0.1) is 0 Å². The molecule has 0 saturated heterocycles. The van der Waals surface area contributed by atoms with Crippen LogP contribution < -0.4 is 0 Å². The van der Waals surface area contributed by atoms with Crippen LogP contribution in [0.5, 0.6) is 0 Å². The number of carbonyl (C=O) groups is 1. The van der Waals surface area contributed by atoms with Gasteiger partial charge in [-0.05, 0) is 21.0 Å². The van der Waals surface area contributed by atoms with Crippen molar-refractivity contribution in [3.63, 3.8) is 0 Å². The molecule has 0 aliphatic rings. The number of rotatable bonds is 5. The third kappa shape index (κ3) is 16.3. The molecule has 74 valence electrons. The number of ketones is 1. The zero-order valence-electron chi connectivity index (χ0n) is 8.89. The molecular weight excluding hydrogens is 154 g/mol. The van der Waals surface area contributed by atoms with Gasteiger partial charge in [-0.2, -0.15) is 0 Å². The highest BCUT2D eigenvalue weighted by molar-refractivity contribution is 5.76. The van der Waals surface area contributed by atoms with Gasteiger partial charge in [-0.1, -0.05) is 13.8 Å². The van der Waals surface area contributed by atoms with E-state index >= 15 is 0 Å². The zero-order valence-corrected chi connectivity index (χ0v) is 8.89. The Bertz CT molecular complexity index is 103. The Morgan fingerprint density at radius 2 is 1.83 bits per heavy atom. The Morgan fingerprint density at radius 3 is 2.17 bits per heavy atom. The highest BCUT2D eigenvalue weighted by Gasteiger charge is 1.93. The second-order valence-corrected chi connectivity index (χ2v) is 2.56. The number of likely N-dealkylation sites (N-methyl/N-ethyl adjacent to an activating group) is 1. The van der Waals surface area contributed by atoms with Crippen molar-refractivity contribution in [3.05, 3.63) is 0 Å². The Labute approximate surface area is 75.7 Å². The smallest absolute Gasteiger partial charge is 0.155 e. The van der Waals surface area contributed by atoms with E-state index in [9.17, 15) is 4.79 Å². The van der Waals surface area contributed by atoms with Gasteiger partial charge >= 0.3 is 0 Å². The fourth-order valence-electron chi connectivity index (χ4n) is 0.463. The molecule has 0 N–H and O–H groups in total. The SMILES string of the molecule is CC.CC(=O)COCCN(C)C. The van der Waals surface area contributed by atoms with E-state index in [0.717, 1.165) is 6.54 Å². The first-order chi connectivity index (χ1) is 5.63. The Balaban J connectivity index is 0. The van der Waals surface area contributed by atoms with Crippen molar-refractivity contribution < 1.29 is 9.53 Å². The number of hydrogen-bond acceptors (Lipinski definition) is 3. The van der Waals surface area contributed by atoms with Crippen molar-refractivity contribution in [2.24, 2.45) is 0 Å². The summed E-state index contributed by atoms with van der Waals surface area (Å²) in [5, 5.41) is 0. The molecule has 0 aromatic carbocycles. The summed E-state index contributed by atoms with van der Waals surface area (Å²) >= 11 is 0. The number of ether oxygens (including phenoxy) is 1. The van der Waals surface area contributed by atoms with Crippen LogP contribution in [0.4, 0.5) is 0 Å². The topological polar surface area (TPSA) is 29.5 Å². The van der Waals surface area contributed by atoms with Gasteiger partial charge in [0.05, 0.1) is 6.61 Å². The zero-order chi connectivity index (χ0) is 9.98. The summed E-state index contributed by atoms with van der Waals surface area (Å²) in [6.07, 6.45) is 0. The third-order valence-electron chi connectivity index (χ3n) is 0.988. The molecule has 0 rings (SSSR count). The maximum Gasteiger partial charge on any atom is 0.155 e. The van der Waals surface area contributed by atoms with Gasteiger partial charge < -0.3 is 9.64 Å². The highest BCUT2D eigenvalue weighted by Crippen LogP contribution is 1.78. The van der Waals surface area contributed by atoms with Crippen LogP contribution in [-0.2, 0) is 9.53 Å². The standard InChI is InChI=1S/C7H15NO2.C2H6/c1-7(9)6-10-5-4-8(2)3;1-2/h4-6H2,1-3H3;1-2H3. The molecule has 0 fully saturated rings. The summed E-state index contributed by atoms with van der Waals surface area (Å²) in [5.41, 5.74) is 0. The molecule has 3 heteroatoms. The van der Waals surface area contributed by atoms with Crippen LogP contribution in [0.25, 0.3) is 0 Å². The summed E-state index contributed by atoms with van der Waals surface area (Å²) in [7, 11) is 3.94. The lowest BCUT2D eigenvalue weighted by Gasteiger charge is -2.08. The van der Waals surface area contributed by atoms with Crippen LogP contribution in [0.15, 0.2) is 0 Å². The van der Waals surface area contributed by atoms with E-state index in [0.29, 0.717) is 6.61 Å². The van der Waals surface area contributed by atoms with Crippen LogP contribution in [0, 0.1) is 0 Å². The first kappa shape index (κ1) is 14.1. The lowest BCUT2D eigenvalue weighted by Crippen LogP contribution is -2.19. The first-order valence-corrected chi connectivity index (χ1v) is 4.35. The number of nitrogens with zero attached hydrogens (tertiary/aromatic N) is 1. The second-order valence-electron chi connectivity index (χ2n) is 2.56. The molecule has 0 aromatic heterocycles. The van der Waals surface area contributed by atoms with Crippen LogP contribution in [0.2, 0.25) is 0 Å². The van der Waals surface area contributed by atoms with E-state index in [1.807, 2.05) is 32.8 Å². The minimum atomic E-state index is 0.0822. The minimum Gasteiger partial charge on any atom is -0.372 e. The van der Waals surface area contributed by atoms with Gasteiger partial charge in [0, 0.05) is 6.54 Å². The maximum atomic E-state index is 10.3. The Kier molecular flexibility index (Phi) is 12.5. The molecular formula is C9H21NO2. The Morgan fingerprint density at radius 1 is 1.33 bits per heavy atom. The third-order valence-corrected chi connectivity index (χ3v) is 0.988. The van der Waals surface area contributed by atoms with Crippen molar-refractivity contribution in [3.8, 4) is 0 Å². The fraction of sp³-hybridized carbons (Fsp3) is 0.889. The minimum absolute atomic E-state index is 0.0822. The summed E-state index contributed by atoms with van der Waals surface area (Å²) in [5.74, 6) is 0.0822. The number of carbonyl (C=O) groups excluding carboxylic acids is 1. The van der Waals surface area contributed by atoms with Crippen molar-refractivity contribution in [2.75, 3.05) is 33.9 Å². The van der Waals surface area contributed by atoms with Gasteiger partial charge in [-0.3, -0.25) is 4.79 Å². The maximum absolute atomic E-state index is 10.3. The van der Waals surface area contributed by atoms with E-state index in [1.165, 1.54) is 6.92 Å². The molecule has 0 spiro atoms. The highest BCUT2D eigenvalue weighted by atomic mass is 16.5. The molecule has 0 amide bonds. The molecule has 0 atom stereocenters. The van der Waals surface area contributed by atoms with Crippen molar-refractivity contribution in [1.29, 1.82) is 0 Å². The molecule has 3 nitrogen and oxygen atoms in total. The molecule has 0 unspecified atom stereocenters. The van der Waals surface area contributed by atoms with E-state index in [-0.39, 0.29) is 12.4 Å². The van der Waals surface area contributed by atoms with E-state index in [1.54, 1.807) is 0 Å². The van der Waals surface area contributed by atoms with Gasteiger partial charge in [0.2, 0.25) is 0 Å². The summed E-state index contributed by atoms with van der Waals surface area (Å²) in [6, 6.07) is 0. The van der Waals surface area contributed by atoms with Crippen LogP contribution >= 0.6 is 0 Å². The quantitative estimate of drug-likeness (QED) is 0.588. The summed E-state index contributed by atoms with van der Waals surface area (Å²) in [4.78, 5) is 12.4. The molecule has 0 radical (unpaired) electrons. The van der Waals surface area contributed by atoms with Crippen molar-refractivity contribution in [1.82, 2.24) is 4.90 Å². The average molecular weight is 175 g/mol. The van der Waals surface area contributed by atoms with E-state index < -0.39 is 0 Å². The van der Waals surface area contributed by atoms with Crippen LogP contribution in [-0.4, -0.2) is 44.5 Å². The predicted molar refractivity (Wildman–Crippen MR) is 51.4 cm³/mol. The summed E-state index contributed by atoms with van der Waals surface area (Å²) < 4.78 is 5.01.